The number of hydrogen-bond donors (Lipinski definition) is 1. The highest BCUT2D eigenvalue weighted by Gasteiger charge is 2.24. The summed E-state index contributed by atoms with van der Waals surface area (Å²) < 4.78 is 25.0. The Hall–Kier alpha value is -1.55. The van der Waals surface area contributed by atoms with Gasteiger partial charge >= 0.3 is 0 Å². The first-order chi connectivity index (χ1) is 9.77. The van der Waals surface area contributed by atoms with E-state index in [1.807, 2.05) is 0 Å². The van der Waals surface area contributed by atoms with Gasteiger partial charge in [-0.15, -0.1) is 0 Å². The summed E-state index contributed by atoms with van der Waals surface area (Å²) in [6.07, 6.45) is 4.63. The van der Waals surface area contributed by atoms with E-state index >= 15 is 0 Å². The average molecular weight is 279 g/mol. The van der Waals surface area contributed by atoms with Crippen molar-refractivity contribution in [2.45, 2.75) is 32.2 Å². The Morgan fingerprint density at radius 2 is 2.30 bits per heavy atom. The molecular weight excluding hydrogens is 257 g/mol. The van der Waals surface area contributed by atoms with E-state index in [0.29, 0.717) is 11.3 Å². The standard InChI is InChI=1S/C16H22FNO2/c1-3-9-18-16(12-6-5-10-20-11-12)15-13(17)7-4-8-14(15)19-2/h4,7-8,11,16,18H,3,5-6,9-10H2,1-2H3. The second-order valence-electron chi connectivity index (χ2n) is 4.91. The summed E-state index contributed by atoms with van der Waals surface area (Å²) in [5, 5.41) is 3.40. The SMILES string of the molecule is CCCNC(C1=COCCC1)c1c(F)cccc1OC. The summed E-state index contributed by atoms with van der Waals surface area (Å²) in [4.78, 5) is 0. The predicted molar refractivity (Wildman–Crippen MR) is 77.3 cm³/mol. The molecule has 0 aliphatic carbocycles. The van der Waals surface area contributed by atoms with Crippen LogP contribution in [0.1, 0.15) is 37.8 Å². The van der Waals surface area contributed by atoms with E-state index in [2.05, 4.69) is 12.2 Å². The summed E-state index contributed by atoms with van der Waals surface area (Å²) >= 11 is 0. The van der Waals surface area contributed by atoms with Crippen molar-refractivity contribution in [1.82, 2.24) is 5.32 Å². The third kappa shape index (κ3) is 3.31. The van der Waals surface area contributed by atoms with Gasteiger partial charge in [0.2, 0.25) is 0 Å². The zero-order chi connectivity index (χ0) is 14.4. The Morgan fingerprint density at radius 3 is 2.95 bits per heavy atom. The molecule has 0 radical (unpaired) electrons. The molecule has 1 unspecified atom stereocenters. The zero-order valence-corrected chi connectivity index (χ0v) is 12.1. The molecule has 0 fully saturated rings. The number of hydrogen-bond acceptors (Lipinski definition) is 3. The molecule has 4 heteroatoms. The molecule has 0 aromatic heterocycles. The first-order valence-corrected chi connectivity index (χ1v) is 7.14. The van der Waals surface area contributed by atoms with Crippen LogP contribution in [-0.4, -0.2) is 20.3 Å². The van der Waals surface area contributed by atoms with Crippen molar-refractivity contribution in [2.24, 2.45) is 0 Å². The lowest BCUT2D eigenvalue weighted by Crippen LogP contribution is -2.26. The van der Waals surface area contributed by atoms with Gasteiger partial charge in [0, 0.05) is 0 Å². The van der Waals surface area contributed by atoms with Crippen molar-refractivity contribution < 1.29 is 13.9 Å². The molecule has 1 N–H and O–H groups in total. The lowest BCUT2D eigenvalue weighted by atomic mass is 9.94. The maximum Gasteiger partial charge on any atom is 0.132 e. The van der Waals surface area contributed by atoms with Gasteiger partial charge in [-0.05, 0) is 43.5 Å². The molecule has 1 aliphatic heterocycles. The van der Waals surface area contributed by atoms with Gasteiger partial charge in [0.1, 0.15) is 11.6 Å². The monoisotopic (exact) mass is 279 g/mol. The normalized spacial score (nSPS) is 16.2. The molecule has 0 bridgehead atoms. The van der Waals surface area contributed by atoms with Crippen LogP contribution < -0.4 is 10.1 Å². The van der Waals surface area contributed by atoms with E-state index < -0.39 is 0 Å². The number of methoxy groups -OCH3 is 1. The van der Waals surface area contributed by atoms with E-state index in [1.165, 1.54) is 6.07 Å². The maximum atomic E-state index is 14.3. The van der Waals surface area contributed by atoms with Crippen LogP contribution in [0, 0.1) is 5.82 Å². The van der Waals surface area contributed by atoms with Crippen LogP contribution in [0.15, 0.2) is 30.0 Å². The third-order valence-electron chi connectivity index (χ3n) is 3.45. The predicted octanol–water partition coefficient (Wildman–Crippen LogP) is 3.57. The lowest BCUT2D eigenvalue weighted by Gasteiger charge is -2.26. The Labute approximate surface area is 119 Å². The minimum atomic E-state index is -0.246. The van der Waals surface area contributed by atoms with Crippen molar-refractivity contribution in [3.8, 4) is 5.75 Å². The van der Waals surface area contributed by atoms with Crippen molar-refractivity contribution >= 4 is 0 Å². The molecule has 0 saturated carbocycles. The molecule has 0 amide bonds. The number of benzene rings is 1. The van der Waals surface area contributed by atoms with Crippen LogP contribution in [0.25, 0.3) is 0 Å². The van der Waals surface area contributed by atoms with Crippen LogP contribution in [0.4, 0.5) is 4.39 Å². The van der Waals surface area contributed by atoms with Crippen LogP contribution >= 0.6 is 0 Å². The van der Waals surface area contributed by atoms with E-state index in [9.17, 15) is 4.39 Å². The quantitative estimate of drug-likeness (QED) is 0.863. The van der Waals surface area contributed by atoms with E-state index in [1.54, 1.807) is 25.5 Å². The van der Waals surface area contributed by atoms with Crippen molar-refractivity contribution in [3.63, 3.8) is 0 Å². The number of halogens is 1. The Kier molecular flexibility index (Phi) is 5.41. The van der Waals surface area contributed by atoms with Crippen LogP contribution in [0.5, 0.6) is 5.75 Å². The van der Waals surface area contributed by atoms with Gasteiger partial charge in [0.05, 0.1) is 31.6 Å². The van der Waals surface area contributed by atoms with Gasteiger partial charge in [-0.3, -0.25) is 0 Å². The zero-order valence-electron chi connectivity index (χ0n) is 12.1. The van der Waals surface area contributed by atoms with E-state index in [-0.39, 0.29) is 11.9 Å². The minimum Gasteiger partial charge on any atom is -0.501 e. The molecule has 0 spiro atoms. The number of rotatable bonds is 6. The molecule has 1 heterocycles. The Morgan fingerprint density at radius 1 is 1.45 bits per heavy atom. The first-order valence-electron chi connectivity index (χ1n) is 7.14. The molecule has 3 nitrogen and oxygen atoms in total. The summed E-state index contributed by atoms with van der Waals surface area (Å²) in [7, 11) is 1.57. The fraction of sp³-hybridized carbons (Fsp3) is 0.500. The molecule has 1 atom stereocenters. The smallest absolute Gasteiger partial charge is 0.132 e. The number of nitrogens with one attached hydrogen (secondary N) is 1. The topological polar surface area (TPSA) is 30.5 Å². The van der Waals surface area contributed by atoms with Crippen LogP contribution in [-0.2, 0) is 4.74 Å². The van der Waals surface area contributed by atoms with Gasteiger partial charge in [-0.1, -0.05) is 13.0 Å². The van der Waals surface area contributed by atoms with Crippen LogP contribution in [0.3, 0.4) is 0 Å². The molecule has 1 aromatic rings. The lowest BCUT2D eigenvalue weighted by molar-refractivity contribution is 0.219. The fourth-order valence-corrected chi connectivity index (χ4v) is 2.48. The molecule has 110 valence electrons. The summed E-state index contributed by atoms with van der Waals surface area (Å²) in [6.45, 7) is 3.65. The molecule has 1 aromatic carbocycles. The van der Waals surface area contributed by atoms with Crippen LogP contribution in [0.2, 0.25) is 0 Å². The van der Waals surface area contributed by atoms with Crippen molar-refractivity contribution in [1.29, 1.82) is 0 Å². The molecule has 1 aliphatic rings. The van der Waals surface area contributed by atoms with Gasteiger partial charge in [-0.25, -0.2) is 4.39 Å². The molecule has 20 heavy (non-hydrogen) atoms. The van der Waals surface area contributed by atoms with E-state index in [0.717, 1.165) is 38.0 Å². The van der Waals surface area contributed by atoms with Gasteiger partial charge in [0.15, 0.2) is 0 Å². The van der Waals surface area contributed by atoms with Crippen molar-refractivity contribution in [2.75, 3.05) is 20.3 Å². The third-order valence-corrected chi connectivity index (χ3v) is 3.45. The molecule has 2 rings (SSSR count). The fourth-order valence-electron chi connectivity index (χ4n) is 2.48. The molecular formula is C16H22FNO2. The summed E-state index contributed by atoms with van der Waals surface area (Å²) in [6, 6.07) is 4.75. The Bertz CT molecular complexity index is 474. The van der Waals surface area contributed by atoms with Gasteiger partial charge < -0.3 is 14.8 Å². The van der Waals surface area contributed by atoms with Gasteiger partial charge in [-0.2, -0.15) is 0 Å². The summed E-state index contributed by atoms with van der Waals surface area (Å²) in [5.41, 5.74) is 1.65. The maximum absolute atomic E-state index is 14.3. The van der Waals surface area contributed by atoms with E-state index in [4.69, 9.17) is 9.47 Å². The minimum absolute atomic E-state index is 0.189. The second-order valence-corrected chi connectivity index (χ2v) is 4.91. The van der Waals surface area contributed by atoms with Gasteiger partial charge in [0.25, 0.3) is 0 Å². The first kappa shape index (κ1) is 14.9. The molecule has 0 saturated heterocycles. The summed E-state index contributed by atoms with van der Waals surface area (Å²) in [5.74, 6) is 0.328. The average Bonchev–Trinajstić information content (AvgIpc) is 2.50. The largest absolute Gasteiger partial charge is 0.501 e. The highest BCUT2D eigenvalue weighted by atomic mass is 19.1. The Balaban J connectivity index is 2.37. The van der Waals surface area contributed by atoms with Crippen molar-refractivity contribution in [3.05, 3.63) is 41.4 Å². The number of ether oxygens (including phenoxy) is 2. The highest BCUT2D eigenvalue weighted by Crippen LogP contribution is 2.35. The highest BCUT2D eigenvalue weighted by molar-refractivity contribution is 5.41. The second kappa shape index (κ2) is 7.29.